The first-order valence-electron chi connectivity index (χ1n) is 6.35. The van der Waals surface area contributed by atoms with E-state index in [2.05, 4.69) is 9.97 Å². The fraction of sp³-hybridized carbons (Fsp3) is 0.143. The van der Waals surface area contributed by atoms with E-state index in [0.29, 0.717) is 16.6 Å². The van der Waals surface area contributed by atoms with Gasteiger partial charge in [-0.25, -0.2) is 14.2 Å². The number of nitrogens with one attached hydrogen (secondary N) is 1. The third kappa shape index (κ3) is 2.24. The number of fused-ring (bicyclic) bond motifs is 3. The molecule has 120 valence electrons. The first-order chi connectivity index (χ1) is 10.9. The highest BCUT2D eigenvalue weighted by atomic mass is 35.5. The number of carboxylic acid groups (broad SMARTS) is 1. The van der Waals surface area contributed by atoms with Gasteiger partial charge < -0.3 is 14.8 Å². The monoisotopic (exact) mass is 357 g/mol. The number of hydrogen-bond donors (Lipinski definition) is 2. The summed E-state index contributed by atoms with van der Waals surface area (Å²) in [7, 11) is 2.61. The van der Waals surface area contributed by atoms with Crippen molar-refractivity contribution < 1.29 is 19.0 Å². The number of methoxy groups -OCH3 is 1. The molecule has 1 amide bonds. The molecule has 2 N–H and O–H groups in total. The first-order valence-corrected chi connectivity index (χ1v) is 7.11. The van der Waals surface area contributed by atoms with Crippen molar-refractivity contribution in [2.24, 2.45) is 0 Å². The number of rotatable bonds is 2. The van der Waals surface area contributed by atoms with Gasteiger partial charge in [0, 0.05) is 19.3 Å². The maximum absolute atomic E-state index is 14.4. The van der Waals surface area contributed by atoms with Gasteiger partial charge >= 0.3 is 6.09 Å². The third-order valence-electron chi connectivity index (χ3n) is 3.53. The molecule has 0 fully saturated rings. The molecule has 0 spiro atoms. The lowest BCUT2D eigenvalue weighted by molar-refractivity contribution is 0.203. The molecule has 2 aromatic heterocycles. The van der Waals surface area contributed by atoms with E-state index < -0.39 is 11.9 Å². The number of aromatic nitrogens is 2. The van der Waals surface area contributed by atoms with Crippen LogP contribution in [0.2, 0.25) is 10.0 Å². The molecule has 0 saturated heterocycles. The number of aromatic amines is 1. The highest BCUT2D eigenvalue weighted by Crippen LogP contribution is 2.43. The Hall–Kier alpha value is -2.25. The van der Waals surface area contributed by atoms with Crippen LogP contribution in [-0.2, 0) is 0 Å². The predicted octanol–water partition coefficient (Wildman–Crippen LogP) is 4.28. The molecule has 0 aliphatic rings. The second-order valence-corrected chi connectivity index (χ2v) is 5.56. The van der Waals surface area contributed by atoms with Crippen molar-refractivity contribution >= 4 is 56.9 Å². The van der Waals surface area contributed by atoms with Gasteiger partial charge in [0.25, 0.3) is 0 Å². The number of hydrogen-bond acceptors (Lipinski definition) is 3. The lowest BCUT2D eigenvalue weighted by atomic mass is 10.1. The lowest BCUT2D eigenvalue weighted by Crippen LogP contribution is -2.24. The molecule has 3 rings (SSSR count). The second kappa shape index (κ2) is 5.43. The molecule has 23 heavy (non-hydrogen) atoms. The van der Waals surface area contributed by atoms with Crippen molar-refractivity contribution in [1.29, 1.82) is 0 Å². The molecule has 0 bridgehead atoms. The van der Waals surface area contributed by atoms with Crippen LogP contribution in [0.5, 0.6) is 5.75 Å². The van der Waals surface area contributed by atoms with E-state index in [0.717, 1.165) is 11.0 Å². The Kier molecular flexibility index (Phi) is 3.69. The summed E-state index contributed by atoms with van der Waals surface area (Å²) in [5, 5.41) is 10.2. The van der Waals surface area contributed by atoms with Crippen molar-refractivity contribution in [2.75, 3.05) is 19.1 Å². The van der Waals surface area contributed by atoms with Crippen molar-refractivity contribution in [1.82, 2.24) is 9.97 Å². The Morgan fingerprint density at radius 2 is 2.13 bits per heavy atom. The lowest BCUT2D eigenvalue weighted by Gasteiger charge is -2.16. The number of amides is 1. The smallest absolute Gasteiger partial charge is 0.411 e. The quantitative estimate of drug-likeness (QED) is 0.717. The Bertz CT molecular complexity index is 958. The fourth-order valence-electron chi connectivity index (χ4n) is 2.46. The highest BCUT2D eigenvalue weighted by molar-refractivity contribution is 6.46. The largest absolute Gasteiger partial charge is 0.493 e. The molecular formula is C14H10Cl2FN3O3. The summed E-state index contributed by atoms with van der Waals surface area (Å²) in [6, 6.07) is 1.07. The zero-order chi connectivity index (χ0) is 16.9. The van der Waals surface area contributed by atoms with Gasteiger partial charge in [-0.15, -0.1) is 0 Å². The van der Waals surface area contributed by atoms with E-state index >= 15 is 0 Å². The van der Waals surface area contributed by atoms with Gasteiger partial charge in [0.2, 0.25) is 0 Å². The van der Waals surface area contributed by atoms with Gasteiger partial charge in [0.1, 0.15) is 5.65 Å². The third-order valence-corrected chi connectivity index (χ3v) is 4.31. The number of anilines is 1. The molecule has 0 aliphatic carbocycles. The minimum absolute atomic E-state index is 0.0697. The summed E-state index contributed by atoms with van der Waals surface area (Å²) < 4.78 is 19.5. The van der Waals surface area contributed by atoms with Crippen LogP contribution in [0.1, 0.15) is 0 Å². The Morgan fingerprint density at radius 1 is 1.43 bits per heavy atom. The van der Waals surface area contributed by atoms with Gasteiger partial charge in [0.15, 0.2) is 11.6 Å². The van der Waals surface area contributed by atoms with Crippen LogP contribution in [0.4, 0.5) is 14.9 Å². The van der Waals surface area contributed by atoms with E-state index in [9.17, 15) is 14.3 Å². The molecule has 1 aromatic carbocycles. The maximum atomic E-state index is 14.4. The van der Waals surface area contributed by atoms with E-state index in [-0.39, 0.29) is 26.9 Å². The van der Waals surface area contributed by atoms with Crippen LogP contribution in [0.3, 0.4) is 0 Å². The van der Waals surface area contributed by atoms with Crippen molar-refractivity contribution in [3.63, 3.8) is 0 Å². The van der Waals surface area contributed by atoms with Crippen LogP contribution in [0, 0.1) is 5.82 Å². The number of ether oxygens (including phenoxy) is 1. The van der Waals surface area contributed by atoms with Crippen molar-refractivity contribution in [3.8, 4) is 5.75 Å². The normalized spacial score (nSPS) is 11.2. The van der Waals surface area contributed by atoms with Gasteiger partial charge in [-0.05, 0) is 0 Å². The molecule has 9 heteroatoms. The predicted molar refractivity (Wildman–Crippen MR) is 86.6 cm³/mol. The van der Waals surface area contributed by atoms with E-state index in [1.807, 2.05) is 0 Å². The minimum Gasteiger partial charge on any atom is -0.493 e. The van der Waals surface area contributed by atoms with Crippen molar-refractivity contribution in [2.45, 2.75) is 0 Å². The van der Waals surface area contributed by atoms with Crippen LogP contribution in [0.25, 0.3) is 21.9 Å². The van der Waals surface area contributed by atoms with Gasteiger partial charge in [0.05, 0.1) is 39.1 Å². The highest BCUT2D eigenvalue weighted by Gasteiger charge is 2.24. The summed E-state index contributed by atoms with van der Waals surface area (Å²) in [6.07, 6.45) is 0.108. The number of H-pyrrole nitrogens is 1. The summed E-state index contributed by atoms with van der Waals surface area (Å²) in [6.45, 7) is 0. The number of benzene rings is 1. The molecule has 6 nitrogen and oxygen atoms in total. The molecule has 3 aromatic rings. The first kappa shape index (κ1) is 15.6. The Balaban J connectivity index is 2.56. The topological polar surface area (TPSA) is 78.5 Å². The van der Waals surface area contributed by atoms with Crippen LogP contribution >= 0.6 is 23.2 Å². The van der Waals surface area contributed by atoms with E-state index in [1.54, 1.807) is 0 Å². The van der Waals surface area contributed by atoms with E-state index in [4.69, 9.17) is 27.9 Å². The standard InChI is InChI=1S/C14H10Cl2FN3O3/c1-20(14(21)22)7-3-6(17)12(23-2)9-8-10(16)5(15)4-18-13(8)19-11(7)9/h3-4H,1-2H3,(H,18,19)(H,21,22). The van der Waals surface area contributed by atoms with Crippen LogP contribution in [-0.4, -0.2) is 35.3 Å². The zero-order valence-electron chi connectivity index (χ0n) is 11.9. The molecule has 2 heterocycles. The van der Waals surface area contributed by atoms with Crippen LogP contribution in [0.15, 0.2) is 12.3 Å². The van der Waals surface area contributed by atoms with Gasteiger partial charge in [-0.1, -0.05) is 23.2 Å². The van der Waals surface area contributed by atoms with Crippen molar-refractivity contribution in [3.05, 3.63) is 28.1 Å². The molecule has 0 radical (unpaired) electrons. The van der Waals surface area contributed by atoms with Crippen LogP contribution < -0.4 is 9.64 Å². The fourth-order valence-corrected chi connectivity index (χ4v) is 2.83. The zero-order valence-corrected chi connectivity index (χ0v) is 13.5. The molecule has 0 atom stereocenters. The summed E-state index contributed by atoms with van der Waals surface area (Å²) in [5.41, 5.74) is 0.786. The second-order valence-electron chi connectivity index (χ2n) is 4.77. The average Bonchev–Trinajstić information content (AvgIpc) is 2.89. The number of carbonyl (C=O) groups is 1. The number of halogens is 3. The number of nitrogens with zero attached hydrogens (tertiary/aromatic N) is 2. The minimum atomic E-state index is -1.24. The Labute approximate surface area is 139 Å². The summed E-state index contributed by atoms with van der Waals surface area (Å²) in [5.74, 6) is -0.792. The van der Waals surface area contributed by atoms with E-state index in [1.165, 1.54) is 20.4 Å². The number of pyridine rings is 1. The van der Waals surface area contributed by atoms with Gasteiger partial charge in [-0.3, -0.25) is 4.90 Å². The molecule has 0 unspecified atom stereocenters. The average molecular weight is 358 g/mol. The maximum Gasteiger partial charge on any atom is 0.411 e. The molecule has 0 saturated carbocycles. The summed E-state index contributed by atoms with van der Waals surface area (Å²) >= 11 is 12.2. The van der Waals surface area contributed by atoms with Gasteiger partial charge in [-0.2, -0.15) is 0 Å². The SMILES string of the molecule is COc1c(F)cc(N(C)C(=O)O)c2[nH]c3ncc(Cl)c(Cl)c3c12. The Morgan fingerprint density at radius 3 is 2.74 bits per heavy atom. The molecule has 0 aliphatic heterocycles. The summed E-state index contributed by atoms with van der Waals surface area (Å²) in [4.78, 5) is 19.2. The molecular weight excluding hydrogens is 348 g/mol.